The highest BCUT2D eigenvalue weighted by Crippen LogP contribution is 2.42. The minimum Gasteiger partial charge on any atom is -0.458 e. The number of pyridine rings is 2. The van der Waals surface area contributed by atoms with E-state index in [4.69, 9.17) is 9.72 Å². The maximum atomic E-state index is 13.7. The van der Waals surface area contributed by atoms with Gasteiger partial charge in [0.25, 0.3) is 5.56 Å². The summed E-state index contributed by atoms with van der Waals surface area (Å²) in [5.41, 5.74) is 3.44. The lowest BCUT2D eigenvalue weighted by Crippen LogP contribution is -2.51. The lowest BCUT2D eigenvalue weighted by molar-refractivity contribution is -0.172. The third-order valence-corrected chi connectivity index (χ3v) is 14.2. The van der Waals surface area contributed by atoms with E-state index in [-0.39, 0.29) is 23.6 Å². The number of aliphatic hydroxyl groups is 1. The second-order valence-electron chi connectivity index (χ2n) is 11.5. The van der Waals surface area contributed by atoms with E-state index in [9.17, 15) is 14.7 Å². The molecule has 2 aliphatic heterocycles. The number of carbonyl (C=O) groups is 1. The molecule has 0 radical (unpaired) electrons. The third-order valence-electron chi connectivity index (χ3n) is 8.66. The van der Waals surface area contributed by atoms with E-state index in [0.717, 1.165) is 23.2 Å². The number of aryl methyl sites for hydroxylation is 1. The predicted molar refractivity (Wildman–Crippen MR) is 141 cm³/mol. The summed E-state index contributed by atoms with van der Waals surface area (Å²) in [6, 6.07) is 8.29. The first-order chi connectivity index (χ1) is 16.3. The van der Waals surface area contributed by atoms with E-state index < -0.39 is 19.6 Å². The van der Waals surface area contributed by atoms with Crippen LogP contribution in [0.2, 0.25) is 18.1 Å². The molecule has 7 heteroatoms. The highest BCUT2D eigenvalue weighted by atomic mass is 28.3. The fourth-order valence-corrected chi connectivity index (χ4v) is 8.01. The zero-order valence-corrected chi connectivity index (χ0v) is 22.7. The normalized spacial score (nSPS) is 19.4. The van der Waals surface area contributed by atoms with Crippen molar-refractivity contribution in [2.24, 2.45) is 0 Å². The number of carbonyl (C=O) groups excluding carboxylic acids is 1. The van der Waals surface area contributed by atoms with Crippen LogP contribution < -0.4 is 10.7 Å². The summed E-state index contributed by atoms with van der Waals surface area (Å²) in [5.74, 6) is -0.699. The SMILES string of the molecule is CCc1ccc2nc3c(c([Si](C)(C)C(C)(C)C)c2c1)Cn1c-3cc2c(c1=O)COC(=O)C2(O)CC. The number of cyclic esters (lactones) is 1. The van der Waals surface area contributed by atoms with E-state index in [1.165, 1.54) is 16.1 Å². The minimum absolute atomic E-state index is 0.0823. The monoisotopic (exact) mass is 490 g/mol. The molecule has 184 valence electrons. The first-order valence-corrected chi connectivity index (χ1v) is 15.5. The molecule has 1 N–H and O–H groups in total. The molecular weight excluding hydrogens is 456 g/mol. The molecule has 2 aromatic heterocycles. The van der Waals surface area contributed by atoms with E-state index in [1.54, 1.807) is 17.6 Å². The molecule has 1 unspecified atom stereocenters. The quantitative estimate of drug-likeness (QED) is 0.341. The molecule has 6 nitrogen and oxygen atoms in total. The van der Waals surface area contributed by atoms with Gasteiger partial charge in [0.15, 0.2) is 5.60 Å². The molecule has 2 aliphatic rings. The smallest absolute Gasteiger partial charge is 0.343 e. The lowest BCUT2D eigenvalue weighted by Gasteiger charge is -2.39. The van der Waals surface area contributed by atoms with Crippen LogP contribution in [0.3, 0.4) is 0 Å². The van der Waals surface area contributed by atoms with Crippen LogP contribution in [-0.2, 0) is 34.7 Å². The van der Waals surface area contributed by atoms with Crippen LogP contribution in [0, 0.1) is 0 Å². The van der Waals surface area contributed by atoms with Gasteiger partial charge in [-0.05, 0) is 52.4 Å². The third kappa shape index (κ3) is 3.21. The van der Waals surface area contributed by atoms with Gasteiger partial charge in [-0.3, -0.25) is 4.79 Å². The van der Waals surface area contributed by atoms with Crippen LogP contribution in [0.5, 0.6) is 0 Å². The van der Waals surface area contributed by atoms with Crippen molar-refractivity contribution in [3.63, 3.8) is 0 Å². The van der Waals surface area contributed by atoms with Gasteiger partial charge in [0, 0.05) is 10.9 Å². The van der Waals surface area contributed by atoms with E-state index in [1.807, 2.05) is 0 Å². The summed E-state index contributed by atoms with van der Waals surface area (Å²) in [4.78, 5) is 31.3. The Hall–Kier alpha value is -2.77. The Labute approximate surface area is 207 Å². The second kappa shape index (κ2) is 7.61. The van der Waals surface area contributed by atoms with Gasteiger partial charge in [-0.25, -0.2) is 9.78 Å². The van der Waals surface area contributed by atoms with Gasteiger partial charge in [0.1, 0.15) is 6.61 Å². The number of esters is 1. The highest BCUT2D eigenvalue weighted by molar-refractivity contribution is 6.94. The largest absolute Gasteiger partial charge is 0.458 e. The summed E-state index contributed by atoms with van der Waals surface area (Å²) in [5, 5.41) is 13.8. The zero-order valence-electron chi connectivity index (χ0n) is 21.7. The second-order valence-corrected chi connectivity index (χ2v) is 16.7. The van der Waals surface area contributed by atoms with Crippen molar-refractivity contribution in [2.45, 2.75) is 84.3 Å². The van der Waals surface area contributed by atoms with Crippen molar-refractivity contribution >= 4 is 30.1 Å². The van der Waals surface area contributed by atoms with Gasteiger partial charge in [-0.2, -0.15) is 0 Å². The van der Waals surface area contributed by atoms with Crippen LogP contribution in [-0.4, -0.2) is 28.7 Å². The molecule has 1 aromatic carbocycles. The van der Waals surface area contributed by atoms with Crippen LogP contribution in [0.25, 0.3) is 22.3 Å². The number of hydrogen-bond donors (Lipinski definition) is 1. The molecule has 3 aromatic rings. The number of benzene rings is 1. The molecule has 35 heavy (non-hydrogen) atoms. The Morgan fingerprint density at radius 3 is 2.49 bits per heavy atom. The van der Waals surface area contributed by atoms with Crippen molar-refractivity contribution in [1.82, 2.24) is 9.55 Å². The summed E-state index contributed by atoms with van der Waals surface area (Å²) in [7, 11) is -2.06. The van der Waals surface area contributed by atoms with Crippen LogP contribution in [0.1, 0.15) is 63.3 Å². The maximum Gasteiger partial charge on any atom is 0.343 e. The van der Waals surface area contributed by atoms with Crippen molar-refractivity contribution in [1.29, 1.82) is 0 Å². The van der Waals surface area contributed by atoms with Crippen molar-refractivity contribution < 1.29 is 14.6 Å². The van der Waals surface area contributed by atoms with Crippen molar-refractivity contribution in [2.75, 3.05) is 0 Å². The topological polar surface area (TPSA) is 81.4 Å². The Kier molecular flexibility index (Phi) is 5.21. The molecule has 0 saturated carbocycles. The molecule has 0 saturated heterocycles. The Bertz CT molecular complexity index is 1460. The number of hydrogen-bond acceptors (Lipinski definition) is 5. The molecule has 0 spiro atoms. The summed E-state index contributed by atoms with van der Waals surface area (Å²) in [6.45, 7) is 15.9. The van der Waals surface area contributed by atoms with Crippen molar-refractivity contribution in [3.8, 4) is 11.4 Å². The molecular formula is C28H34N2O4Si. The summed E-state index contributed by atoms with van der Waals surface area (Å²) < 4.78 is 6.98. The average Bonchev–Trinajstić information content (AvgIpc) is 3.17. The first-order valence-electron chi connectivity index (χ1n) is 12.5. The van der Waals surface area contributed by atoms with E-state index in [2.05, 4.69) is 59.0 Å². The first kappa shape index (κ1) is 23.9. The molecule has 0 aliphatic carbocycles. The number of ether oxygens (including phenoxy) is 1. The van der Waals surface area contributed by atoms with Gasteiger partial charge < -0.3 is 14.4 Å². The van der Waals surface area contributed by atoms with Gasteiger partial charge in [-0.1, -0.05) is 53.8 Å². The molecule has 0 bridgehead atoms. The number of fused-ring (bicyclic) bond motifs is 5. The summed E-state index contributed by atoms with van der Waals surface area (Å²) >= 11 is 0. The van der Waals surface area contributed by atoms with Gasteiger partial charge in [-0.15, -0.1) is 0 Å². The van der Waals surface area contributed by atoms with Crippen LogP contribution in [0.4, 0.5) is 0 Å². The van der Waals surface area contributed by atoms with Crippen LogP contribution >= 0.6 is 0 Å². The summed E-state index contributed by atoms with van der Waals surface area (Å²) in [6.07, 6.45) is 1.08. The van der Waals surface area contributed by atoms with E-state index >= 15 is 0 Å². The maximum absolute atomic E-state index is 13.7. The highest BCUT2D eigenvalue weighted by Gasteiger charge is 2.46. The number of nitrogens with zero attached hydrogens (tertiary/aromatic N) is 2. The van der Waals surface area contributed by atoms with Gasteiger partial charge in [0.2, 0.25) is 0 Å². The minimum atomic E-state index is -2.06. The van der Waals surface area contributed by atoms with Gasteiger partial charge >= 0.3 is 5.97 Å². The molecule has 5 rings (SSSR count). The fraction of sp³-hybridized carbons (Fsp3) is 0.464. The average molecular weight is 491 g/mol. The Morgan fingerprint density at radius 1 is 1.14 bits per heavy atom. The standard InChI is InChI=1S/C28H34N2O4Si/c1-8-16-10-11-21-17(12-16)24(35(6,7)27(3,4)5)18-14-30-22(23(18)29-21)13-20-19(25(30)31)15-34-26(32)28(20,33)9-2/h10-13,33H,8-9,14-15H2,1-7H3. The van der Waals surface area contributed by atoms with Crippen LogP contribution in [0.15, 0.2) is 29.1 Å². The Morgan fingerprint density at radius 2 is 1.86 bits per heavy atom. The lowest BCUT2D eigenvalue weighted by atomic mass is 9.86. The number of aromatic nitrogens is 2. The van der Waals surface area contributed by atoms with E-state index in [0.29, 0.717) is 23.4 Å². The van der Waals surface area contributed by atoms with Gasteiger partial charge in [0.05, 0.1) is 37.1 Å². The van der Waals surface area contributed by atoms with Crippen molar-refractivity contribution in [3.05, 3.63) is 56.9 Å². The molecule has 4 heterocycles. The number of rotatable bonds is 3. The molecule has 0 amide bonds. The predicted octanol–water partition coefficient (Wildman–Crippen LogP) is 4.36. The zero-order chi connectivity index (χ0) is 25.5. The molecule has 0 fully saturated rings. The fourth-order valence-electron chi connectivity index (χ4n) is 5.44. The Balaban J connectivity index is 1.88. The molecule has 1 atom stereocenters.